The van der Waals surface area contributed by atoms with Crippen molar-refractivity contribution in [3.63, 3.8) is 0 Å². The molecule has 1 unspecified atom stereocenters. The van der Waals surface area contributed by atoms with Crippen LogP contribution in [-0.4, -0.2) is 27.3 Å². The number of amides is 1. The van der Waals surface area contributed by atoms with Crippen LogP contribution in [0.1, 0.15) is 22.9 Å². The number of nitrogens with two attached hydrogens (primary N) is 1. The lowest BCUT2D eigenvalue weighted by Crippen LogP contribution is -2.42. The number of carbonyl (C=O) groups is 1. The first-order chi connectivity index (χ1) is 9.25. The maximum atomic E-state index is 11.8. The van der Waals surface area contributed by atoms with Crippen molar-refractivity contribution in [2.45, 2.75) is 19.0 Å². The second-order valence-electron chi connectivity index (χ2n) is 4.80. The van der Waals surface area contributed by atoms with Crippen LogP contribution in [0.3, 0.4) is 0 Å². The van der Waals surface area contributed by atoms with Crippen molar-refractivity contribution >= 4 is 5.91 Å². The van der Waals surface area contributed by atoms with Crippen LogP contribution in [0.25, 0.3) is 0 Å². The van der Waals surface area contributed by atoms with Crippen molar-refractivity contribution in [3.05, 3.63) is 53.6 Å². The van der Waals surface area contributed by atoms with Crippen molar-refractivity contribution in [3.8, 4) is 0 Å². The lowest BCUT2D eigenvalue weighted by molar-refractivity contribution is -0.124. The smallest absolute Gasteiger partial charge is 0.239 e. The third-order valence-corrected chi connectivity index (χ3v) is 3.58. The molecule has 1 aliphatic rings. The summed E-state index contributed by atoms with van der Waals surface area (Å²) in [6.07, 6.45) is 4.36. The van der Waals surface area contributed by atoms with E-state index in [2.05, 4.69) is 20.9 Å². The zero-order valence-corrected chi connectivity index (χ0v) is 10.5. The molecule has 0 saturated carbocycles. The van der Waals surface area contributed by atoms with Gasteiger partial charge in [-0.1, -0.05) is 24.3 Å². The van der Waals surface area contributed by atoms with Gasteiger partial charge in [0.2, 0.25) is 5.91 Å². The molecule has 1 aromatic carbocycles. The number of rotatable bonds is 3. The fourth-order valence-electron chi connectivity index (χ4n) is 2.71. The van der Waals surface area contributed by atoms with E-state index in [4.69, 9.17) is 5.73 Å². The fourth-order valence-corrected chi connectivity index (χ4v) is 2.71. The molecule has 1 aliphatic heterocycles. The summed E-state index contributed by atoms with van der Waals surface area (Å²) in [7, 11) is 0. The minimum absolute atomic E-state index is 0.299. The summed E-state index contributed by atoms with van der Waals surface area (Å²) >= 11 is 0. The largest absolute Gasteiger partial charge is 0.368 e. The van der Waals surface area contributed by atoms with E-state index in [1.54, 1.807) is 12.5 Å². The van der Waals surface area contributed by atoms with Crippen LogP contribution in [-0.2, 0) is 17.8 Å². The van der Waals surface area contributed by atoms with Gasteiger partial charge in [0, 0.05) is 25.0 Å². The lowest BCUT2D eigenvalue weighted by atomic mass is 9.92. The minimum atomic E-state index is -0.353. The highest BCUT2D eigenvalue weighted by atomic mass is 16.1. The summed E-state index contributed by atoms with van der Waals surface area (Å²) in [5, 5.41) is 0. The second kappa shape index (κ2) is 4.85. The molecule has 2 aromatic rings. The van der Waals surface area contributed by atoms with Crippen LogP contribution in [0.2, 0.25) is 0 Å². The quantitative estimate of drug-likeness (QED) is 0.860. The van der Waals surface area contributed by atoms with Gasteiger partial charge in [0.1, 0.15) is 6.04 Å². The molecule has 98 valence electrons. The molecule has 0 radical (unpaired) electrons. The first-order valence-electron chi connectivity index (χ1n) is 6.34. The number of imidazole rings is 1. The highest BCUT2D eigenvalue weighted by Crippen LogP contribution is 2.30. The molecule has 19 heavy (non-hydrogen) atoms. The van der Waals surface area contributed by atoms with Crippen molar-refractivity contribution in [2.24, 2.45) is 5.73 Å². The van der Waals surface area contributed by atoms with E-state index in [-0.39, 0.29) is 11.9 Å². The SMILES string of the molecule is NC(=O)C1c2ccccc2CCN1Cc1cnc[nH]1. The third-order valence-electron chi connectivity index (χ3n) is 3.58. The molecule has 1 amide bonds. The number of carbonyl (C=O) groups excluding carboxylic acids is 1. The average molecular weight is 256 g/mol. The number of nitrogens with one attached hydrogen (secondary N) is 1. The average Bonchev–Trinajstić information content (AvgIpc) is 2.91. The first-order valence-corrected chi connectivity index (χ1v) is 6.34. The summed E-state index contributed by atoms with van der Waals surface area (Å²) in [5.74, 6) is -0.299. The third kappa shape index (κ3) is 2.24. The zero-order chi connectivity index (χ0) is 13.2. The molecule has 0 fully saturated rings. The molecule has 0 saturated heterocycles. The molecule has 3 rings (SSSR count). The Kier molecular flexibility index (Phi) is 3.05. The standard InChI is InChI=1S/C14H16N4O/c15-14(19)13-12-4-2-1-3-10(12)5-6-18(13)8-11-7-16-9-17-11/h1-4,7,9,13H,5-6,8H2,(H2,15,19)(H,16,17). The second-order valence-corrected chi connectivity index (χ2v) is 4.80. The molecular formula is C14H16N4O. The van der Waals surface area contributed by atoms with Crippen LogP contribution < -0.4 is 5.73 Å². The van der Waals surface area contributed by atoms with E-state index in [9.17, 15) is 4.79 Å². The predicted molar refractivity (Wildman–Crippen MR) is 71.1 cm³/mol. The summed E-state index contributed by atoms with van der Waals surface area (Å²) < 4.78 is 0. The van der Waals surface area contributed by atoms with Gasteiger partial charge >= 0.3 is 0 Å². The monoisotopic (exact) mass is 256 g/mol. The molecule has 1 aromatic heterocycles. The van der Waals surface area contributed by atoms with Gasteiger partial charge in [-0.2, -0.15) is 0 Å². The predicted octanol–water partition coefficient (Wildman–Crippen LogP) is 0.994. The van der Waals surface area contributed by atoms with Crippen LogP contribution in [0.5, 0.6) is 0 Å². The molecule has 0 bridgehead atoms. The molecular weight excluding hydrogens is 240 g/mol. The van der Waals surface area contributed by atoms with Crippen molar-refractivity contribution in [1.29, 1.82) is 0 Å². The van der Waals surface area contributed by atoms with Crippen molar-refractivity contribution in [1.82, 2.24) is 14.9 Å². The Bertz CT molecular complexity index is 579. The molecule has 1 atom stereocenters. The number of benzene rings is 1. The number of aromatic nitrogens is 2. The van der Waals surface area contributed by atoms with Gasteiger partial charge in [-0.15, -0.1) is 0 Å². The Morgan fingerprint density at radius 1 is 1.47 bits per heavy atom. The first kappa shape index (κ1) is 11.9. The van der Waals surface area contributed by atoms with Crippen molar-refractivity contribution in [2.75, 3.05) is 6.54 Å². The minimum Gasteiger partial charge on any atom is -0.368 e. The van der Waals surface area contributed by atoms with Crippen molar-refractivity contribution < 1.29 is 4.79 Å². The molecule has 5 heteroatoms. The number of hydrogen-bond acceptors (Lipinski definition) is 3. The van der Waals surface area contributed by atoms with E-state index in [1.165, 1.54) is 5.56 Å². The van der Waals surface area contributed by atoms with Gasteiger partial charge in [-0.05, 0) is 17.5 Å². The zero-order valence-electron chi connectivity index (χ0n) is 10.5. The van der Waals surface area contributed by atoms with E-state index < -0.39 is 0 Å². The van der Waals surface area contributed by atoms with E-state index >= 15 is 0 Å². The van der Waals surface area contributed by atoms with Crippen LogP contribution in [0, 0.1) is 0 Å². The number of primary amides is 1. The van der Waals surface area contributed by atoms with Gasteiger partial charge in [0.15, 0.2) is 0 Å². The van der Waals surface area contributed by atoms with Gasteiger partial charge in [0.25, 0.3) is 0 Å². The number of hydrogen-bond donors (Lipinski definition) is 2. The summed E-state index contributed by atoms with van der Waals surface area (Å²) in [6, 6.07) is 7.66. The maximum absolute atomic E-state index is 11.8. The molecule has 2 heterocycles. The summed E-state index contributed by atoms with van der Waals surface area (Å²) in [6.45, 7) is 1.48. The van der Waals surface area contributed by atoms with E-state index in [0.29, 0.717) is 6.54 Å². The molecule has 0 spiro atoms. The van der Waals surface area contributed by atoms with E-state index in [0.717, 1.165) is 24.2 Å². The summed E-state index contributed by atoms with van der Waals surface area (Å²) in [4.78, 5) is 21.0. The normalized spacial score (nSPS) is 19.1. The molecule has 0 aliphatic carbocycles. The van der Waals surface area contributed by atoms with Crippen LogP contribution in [0.4, 0.5) is 0 Å². The number of fused-ring (bicyclic) bond motifs is 1. The number of H-pyrrole nitrogens is 1. The number of aromatic amines is 1. The Labute approximate surface area is 111 Å². The highest BCUT2D eigenvalue weighted by molar-refractivity contribution is 5.82. The Balaban J connectivity index is 1.92. The maximum Gasteiger partial charge on any atom is 0.239 e. The molecule has 3 N–H and O–H groups in total. The lowest BCUT2D eigenvalue weighted by Gasteiger charge is -2.35. The van der Waals surface area contributed by atoms with Gasteiger partial charge in [0.05, 0.1) is 6.33 Å². The number of nitrogens with zero attached hydrogens (tertiary/aromatic N) is 2. The van der Waals surface area contributed by atoms with Gasteiger partial charge in [-0.25, -0.2) is 4.98 Å². The van der Waals surface area contributed by atoms with Crippen LogP contribution >= 0.6 is 0 Å². The Morgan fingerprint density at radius 3 is 3.05 bits per heavy atom. The van der Waals surface area contributed by atoms with Crippen LogP contribution in [0.15, 0.2) is 36.8 Å². The fraction of sp³-hybridized carbons (Fsp3) is 0.286. The Morgan fingerprint density at radius 2 is 2.32 bits per heavy atom. The van der Waals surface area contributed by atoms with E-state index in [1.807, 2.05) is 18.2 Å². The molecule has 5 nitrogen and oxygen atoms in total. The summed E-state index contributed by atoms with van der Waals surface area (Å²) in [5.41, 5.74) is 8.83. The Hall–Kier alpha value is -2.14. The topological polar surface area (TPSA) is 75.0 Å². The van der Waals surface area contributed by atoms with Gasteiger partial charge < -0.3 is 10.7 Å². The highest BCUT2D eigenvalue weighted by Gasteiger charge is 2.31. The van der Waals surface area contributed by atoms with Gasteiger partial charge in [-0.3, -0.25) is 9.69 Å².